The number of anilines is 1. The van der Waals surface area contributed by atoms with Crippen LogP contribution in [0.1, 0.15) is 22.3 Å². The van der Waals surface area contributed by atoms with Crippen LogP contribution in [-0.4, -0.2) is 69.4 Å². The number of β-amino-alcohol motifs (C(OH)–C–C–N with tert-alkyl or cyclic N) is 1. The van der Waals surface area contributed by atoms with Crippen molar-refractivity contribution in [1.82, 2.24) is 4.31 Å². The lowest BCUT2D eigenvalue weighted by Gasteiger charge is -2.30. The van der Waals surface area contributed by atoms with E-state index in [-0.39, 0.29) is 61.2 Å². The summed E-state index contributed by atoms with van der Waals surface area (Å²) in [6.45, 7) is -1.29. The van der Waals surface area contributed by atoms with Gasteiger partial charge in [0.15, 0.2) is 0 Å². The number of carbonyl (C=O) groups excluding carboxylic acids is 1. The molecule has 0 aromatic heterocycles. The van der Waals surface area contributed by atoms with Gasteiger partial charge in [0, 0.05) is 50.0 Å². The maximum Gasteiger partial charge on any atom is 0.255 e. The molecule has 1 aliphatic rings. The van der Waals surface area contributed by atoms with E-state index in [1.165, 1.54) is 31.4 Å². The Balaban J connectivity index is 1.91. The number of alkyl halides is 1. The van der Waals surface area contributed by atoms with Crippen molar-refractivity contribution in [2.24, 2.45) is 0 Å². The van der Waals surface area contributed by atoms with Crippen LogP contribution in [0.3, 0.4) is 0 Å². The van der Waals surface area contributed by atoms with E-state index >= 15 is 0 Å². The van der Waals surface area contributed by atoms with Crippen LogP contribution in [0.15, 0.2) is 41.3 Å². The van der Waals surface area contributed by atoms with Crippen molar-refractivity contribution in [1.29, 1.82) is 0 Å². The third kappa shape index (κ3) is 6.09. The summed E-state index contributed by atoms with van der Waals surface area (Å²) in [5.41, 5.74) is -1.49. The molecular weight excluding hydrogens is 494 g/mol. The monoisotopic (exact) mass is 518 g/mol. The molecule has 0 aliphatic carbocycles. The van der Waals surface area contributed by atoms with Crippen molar-refractivity contribution in [3.8, 4) is 0 Å². The van der Waals surface area contributed by atoms with Gasteiger partial charge in [-0.2, -0.15) is 4.31 Å². The van der Waals surface area contributed by atoms with Gasteiger partial charge in [0.05, 0.1) is 23.1 Å². The average Bonchev–Trinajstić information content (AvgIpc) is 3.02. The Labute approximate surface area is 201 Å². The number of hydrogen-bond acceptors (Lipinski definition) is 6. The standard InChI is InChI=1S/C22H25ClF2N2O6S/c1-32-8-6-22(29)13-27(7-9-33-14-22)34(30,31)20-10-15(2-3-16(20)12-24)21(28)26-17-4-5-19(25)18(23)11-17/h2-5,10-11,29H,6-9,12-14H2,1H3,(H,26,28). The molecule has 0 bridgehead atoms. The minimum atomic E-state index is -4.30. The number of carbonyl (C=O) groups is 1. The van der Waals surface area contributed by atoms with E-state index in [0.717, 1.165) is 16.4 Å². The number of benzene rings is 2. The largest absolute Gasteiger partial charge is 0.386 e. The molecule has 1 heterocycles. The fourth-order valence-electron chi connectivity index (χ4n) is 3.49. The number of sulfonamides is 1. The Bertz CT molecular complexity index is 1150. The van der Waals surface area contributed by atoms with Crippen molar-refractivity contribution in [2.45, 2.75) is 23.6 Å². The van der Waals surface area contributed by atoms with Gasteiger partial charge < -0.3 is 19.9 Å². The summed E-state index contributed by atoms with van der Waals surface area (Å²) in [5.74, 6) is -1.35. The lowest BCUT2D eigenvalue weighted by molar-refractivity contribution is -0.0493. The van der Waals surface area contributed by atoms with Crippen LogP contribution >= 0.6 is 11.6 Å². The van der Waals surface area contributed by atoms with E-state index in [2.05, 4.69) is 5.32 Å². The number of methoxy groups -OCH3 is 1. The van der Waals surface area contributed by atoms with Gasteiger partial charge in [-0.3, -0.25) is 4.79 Å². The quantitative estimate of drug-likeness (QED) is 0.556. The number of rotatable bonds is 8. The Morgan fingerprint density at radius 2 is 2.09 bits per heavy atom. The second kappa shape index (κ2) is 11.1. The molecule has 0 saturated carbocycles. The van der Waals surface area contributed by atoms with Crippen LogP contribution in [0.25, 0.3) is 0 Å². The Kier molecular flexibility index (Phi) is 8.61. The van der Waals surface area contributed by atoms with Gasteiger partial charge in [-0.05, 0) is 30.3 Å². The molecule has 1 aliphatic heterocycles. The molecule has 186 valence electrons. The van der Waals surface area contributed by atoms with E-state index in [4.69, 9.17) is 21.1 Å². The van der Waals surface area contributed by atoms with Crippen molar-refractivity contribution < 1.29 is 36.6 Å². The minimum Gasteiger partial charge on any atom is -0.386 e. The Morgan fingerprint density at radius 1 is 1.32 bits per heavy atom. The topological polar surface area (TPSA) is 105 Å². The van der Waals surface area contributed by atoms with Crippen LogP contribution in [0.4, 0.5) is 14.5 Å². The van der Waals surface area contributed by atoms with E-state index in [1.54, 1.807) is 0 Å². The molecule has 2 aromatic rings. The fourth-order valence-corrected chi connectivity index (χ4v) is 5.41. The molecule has 1 saturated heterocycles. The van der Waals surface area contributed by atoms with Crippen molar-refractivity contribution >= 4 is 33.2 Å². The highest BCUT2D eigenvalue weighted by molar-refractivity contribution is 7.89. The summed E-state index contributed by atoms with van der Waals surface area (Å²) in [5, 5.41) is 13.2. The highest BCUT2D eigenvalue weighted by Gasteiger charge is 2.38. The third-order valence-corrected chi connectivity index (χ3v) is 7.58. The van der Waals surface area contributed by atoms with E-state index in [9.17, 15) is 27.1 Å². The zero-order chi connectivity index (χ0) is 24.9. The second-order valence-electron chi connectivity index (χ2n) is 7.90. The summed E-state index contributed by atoms with van der Waals surface area (Å²) >= 11 is 5.73. The molecule has 2 N–H and O–H groups in total. The van der Waals surface area contributed by atoms with Crippen LogP contribution in [-0.2, 0) is 26.2 Å². The van der Waals surface area contributed by atoms with Crippen molar-refractivity contribution in [3.63, 3.8) is 0 Å². The van der Waals surface area contributed by atoms with E-state index < -0.39 is 38.9 Å². The first-order valence-corrected chi connectivity index (χ1v) is 12.2. The zero-order valence-corrected chi connectivity index (χ0v) is 20.0. The fraction of sp³-hybridized carbons (Fsp3) is 0.409. The molecule has 1 amide bonds. The minimum absolute atomic E-state index is 0.0327. The van der Waals surface area contributed by atoms with Gasteiger partial charge in [0.25, 0.3) is 5.91 Å². The van der Waals surface area contributed by atoms with Gasteiger partial charge >= 0.3 is 0 Å². The molecule has 1 unspecified atom stereocenters. The summed E-state index contributed by atoms with van der Waals surface area (Å²) in [7, 11) is -2.85. The molecule has 0 radical (unpaired) electrons. The molecule has 3 rings (SSSR count). The predicted octanol–water partition coefficient (Wildman–Crippen LogP) is 2.99. The third-order valence-electron chi connectivity index (χ3n) is 5.37. The van der Waals surface area contributed by atoms with Gasteiger partial charge in [-0.25, -0.2) is 17.2 Å². The number of nitrogens with zero attached hydrogens (tertiary/aromatic N) is 1. The molecular formula is C22H25ClF2N2O6S. The van der Waals surface area contributed by atoms with Crippen LogP contribution in [0, 0.1) is 5.82 Å². The maximum atomic E-state index is 13.7. The predicted molar refractivity (Wildman–Crippen MR) is 122 cm³/mol. The first-order chi connectivity index (χ1) is 16.1. The van der Waals surface area contributed by atoms with Gasteiger partial charge in [-0.15, -0.1) is 0 Å². The molecule has 1 atom stereocenters. The number of aliphatic hydroxyl groups is 1. The number of nitrogens with one attached hydrogen (secondary N) is 1. The molecule has 34 heavy (non-hydrogen) atoms. The normalized spacial score (nSPS) is 19.6. The Hall–Kier alpha value is -2.15. The molecule has 12 heteroatoms. The highest BCUT2D eigenvalue weighted by Crippen LogP contribution is 2.27. The molecule has 2 aromatic carbocycles. The van der Waals surface area contributed by atoms with Gasteiger partial charge in [-0.1, -0.05) is 17.7 Å². The average molecular weight is 519 g/mol. The van der Waals surface area contributed by atoms with Crippen LogP contribution in [0.2, 0.25) is 5.02 Å². The maximum absolute atomic E-state index is 13.7. The molecule has 1 fully saturated rings. The van der Waals surface area contributed by atoms with E-state index in [1.807, 2.05) is 0 Å². The van der Waals surface area contributed by atoms with Gasteiger partial charge in [0.2, 0.25) is 10.0 Å². The SMILES string of the molecule is COCCC1(O)COCCN(S(=O)(=O)c2cc(C(=O)Nc3ccc(F)c(Cl)c3)ccc2CF)C1. The summed E-state index contributed by atoms with van der Waals surface area (Å²) in [4.78, 5) is 12.3. The van der Waals surface area contributed by atoms with E-state index in [0.29, 0.717) is 0 Å². The molecule has 0 spiro atoms. The highest BCUT2D eigenvalue weighted by atomic mass is 35.5. The number of halogens is 3. The lowest BCUT2D eigenvalue weighted by Crippen LogP contribution is -2.47. The first-order valence-electron chi connectivity index (χ1n) is 10.3. The van der Waals surface area contributed by atoms with Crippen LogP contribution in [0.5, 0.6) is 0 Å². The van der Waals surface area contributed by atoms with Crippen molar-refractivity contribution in [2.75, 3.05) is 45.3 Å². The summed E-state index contributed by atoms with van der Waals surface area (Å²) in [6, 6.07) is 7.15. The summed E-state index contributed by atoms with van der Waals surface area (Å²) < 4.78 is 65.4. The summed E-state index contributed by atoms with van der Waals surface area (Å²) in [6.07, 6.45) is 0.133. The van der Waals surface area contributed by atoms with Crippen LogP contribution < -0.4 is 5.32 Å². The number of hydrogen-bond donors (Lipinski definition) is 2. The Morgan fingerprint density at radius 3 is 2.76 bits per heavy atom. The number of ether oxygens (including phenoxy) is 2. The van der Waals surface area contributed by atoms with Crippen molar-refractivity contribution in [3.05, 3.63) is 58.4 Å². The smallest absolute Gasteiger partial charge is 0.255 e. The number of amides is 1. The first kappa shape index (κ1) is 26.5. The van der Waals surface area contributed by atoms with Gasteiger partial charge in [0.1, 0.15) is 18.1 Å². The second-order valence-corrected chi connectivity index (χ2v) is 10.2. The molecule has 8 nitrogen and oxygen atoms in total. The zero-order valence-electron chi connectivity index (χ0n) is 18.4. The lowest BCUT2D eigenvalue weighted by atomic mass is 10.0.